The molecular formula is C16H16ClNO6S. The molecule has 2 aromatic rings. The summed E-state index contributed by atoms with van der Waals surface area (Å²) in [6.07, 6.45) is -0.346. The molecule has 0 saturated carbocycles. The molecule has 0 spiro atoms. The van der Waals surface area contributed by atoms with Crippen molar-refractivity contribution in [1.82, 2.24) is 4.31 Å². The van der Waals surface area contributed by atoms with E-state index in [-0.39, 0.29) is 29.8 Å². The van der Waals surface area contributed by atoms with Gasteiger partial charge in [-0.15, -0.1) is 0 Å². The van der Waals surface area contributed by atoms with E-state index in [0.717, 1.165) is 0 Å². The molecule has 7 nitrogen and oxygen atoms in total. The van der Waals surface area contributed by atoms with Crippen molar-refractivity contribution in [3.63, 3.8) is 0 Å². The van der Waals surface area contributed by atoms with Crippen molar-refractivity contribution >= 4 is 21.6 Å². The second kappa shape index (κ2) is 6.70. The fourth-order valence-corrected chi connectivity index (χ4v) is 4.42. The maximum absolute atomic E-state index is 12.7. The number of methoxy groups -OCH3 is 1. The summed E-state index contributed by atoms with van der Waals surface area (Å²) in [6, 6.07) is 7.23. The lowest BCUT2D eigenvalue weighted by Crippen LogP contribution is -2.56. The molecule has 0 N–H and O–H groups in total. The highest BCUT2D eigenvalue weighted by Gasteiger charge is 2.39. The van der Waals surface area contributed by atoms with Crippen LogP contribution in [0.2, 0.25) is 5.02 Å². The molecule has 1 aromatic carbocycles. The van der Waals surface area contributed by atoms with Gasteiger partial charge in [0.1, 0.15) is 28.3 Å². The fraction of sp³-hybridized carbons (Fsp3) is 0.312. The average Bonchev–Trinajstić information content (AvgIpc) is 2.49. The smallest absolute Gasteiger partial charge is 0.339 e. The Kier molecular flexibility index (Phi) is 4.77. The van der Waals surface area contributed by atoms with Crippen molar-refractivity contribution in [2.24, 2.45) is 0 Å². The molecule has 1 fully saturated rings. The van der Waals surface area contributed by atoms with Gasteiger partial charge in [0.05, 0.1) is 26.3 Å². The molecule has 3 rings (SSSR count). The van der Waals surface area contributed by atoms with E-state index in [4.69, 9.17) is 25.5 Å². The highest BCUT2D eigenvalue weighted by molar-refractivity contribution is 7.89. The van der Waals surface area contributed by atoms with Crippen molar-refractivity contribution in [3.8, 4) is 11.5 Å². The molecule has 25 heavy (non-hydrogen) atoms. The molecule has 0 unspecified atom stereocenters. The lowest BCUT2D eigenvalue weighted by Gasteiger charge is -2.37. The zero-order chi connectivity index (χ0) is 18.2. The number of rotatable bonds is 5. The fourth-order valence-electron chi connectivity index (χ4n) is 2.50. The number of hydrogen-bond acceptors (Lipinski definition) is 6. The summed E-state index contributed by atoms with van der Waals surface area (Å²) in [7, 11) is -2.35. The molecule has 0 aliphatic carbocycles. The van der Waals surface area contributed by atoms with Crippen LogP contribution in [-0.2, 0) is 10.0 Å². The molecule has 1 aliphatic rings. The van der Waals surface area contributed by atoms with Gasteiger partial charge in [-0.2, -0.15) is 4.31 Å². The Bertz CT molecular complexity index is 949. The summed E-state index contributed by atoms with van der Waals surface area (Å²) in [5.74, 6) is 1.01. The van der Waals surface area contributed by atoms with Gasteiger partial charge in [-0.3, -0.25) is 0 Å². The maximum atomic E-state index is 12.7. The molecule has 0 atom stereocenters. The Hall–Kier alpha value is -2.03. The Balaban J connectivity index is 1.73. The molecule has 0 bridgehead atoms. The van der Waals surface area contributed by atoms with Crippen LogP contribution in [-0.4, -0.2) is 39.0 Å². The molecular weight excluding hydrogens is 370 g/mol. The second-order valence-electron chi connectivity index (χ2n) is 5.58. The van der Waals surface area contributed by atoms with Gasteiger partial charge in [-0.1, -0.05) is 11.6 Å². The zero-order valence-corrected chi connectivity index (χ0v) is 15.1. The average molecular weight is 386 g/mol. The topological polar surface area (TPSA) is 86.1 Å². The highest BCUT2D eigenvalue weighted by Crippen LogP contribution is 2.32. The first kappa shape index (κ1) is 17.8. The minimum absolute atomic E-state index is 0.0113. The molecule has 9 heteroatoms. The van der Waals surface area contributed by atoms with Gasteiger partial charge >= 0.3 is 5.63 Å². The Labute approximate surface area is 149 Å². The van der Waals surface area contributed by atoms with Gasteiger partial charge in [0, 0.05) is 11.1 Å². The van der Waals surface area contributed by atoms with E-state index in [1.54, 1.807) is 19.1 Å². The summed E-state index contributed by atoms with van der Waals surface area (Å²) in [4.78, 5) is 11.3. The van der Waals surface area contributed by atoms with Crippen LogP contribution in [0.25, 0.3) is 0 Å². The number of sulfonamides is 1. The summed E-state index contributed by atoms with van der Waals surface area (Å²) >= 11 is 5.91. The van der Waals surface area contributed by atoms with Crippen LogP contribution in [0, 0.1) is 6.92 Å². The van der Waals surface area contributed by atoms with Crippen LogP contribution in [0.15, 0.2) is 44.4 Å². The lowest BCUT2D eigenvalue weighted by molar-refractivity contribution is 0.0753. The van der Waals surface area contributed by atoms with Gasteiger partial charge in [-0.25, -0.2) is 13.2 Å². The first-order valence-electron chi connectivity index (χ1n) is 7.42. The van der Waals surface area contributed by atoms with Crippen molar-refractivity contribution in [2.45, 2.75) is 17.9 Å². The molecule has 1 aromatic heterocycles. The summed E-state index contributed by atoms with van der Waals surface area (Å²) in [5, 5.41) is 0.305. The quantitative estimate of drug-likeness (QED) is 0.783. The second-order valence-corrected chi connectivity index (χ2v) is 7.92. The van der Waals surface area contributed by atoms with E-state index in [1.165, 1.54) is 29.6 Å². The van der Waals surface area contributed by atoms with E-state index >= 15 is 0 Å². The van der Waals surface area contributed by atoms with Crippen LogP contribution in [0.1, 0.15) is 5.76 Å². The highest BCUT2D eigenvalue weighted by atomic mass is 35.5. The predicted octanol–water partition coefficient (Wildman–Crippen LogP) is 2.06. The van der Waals surface area contributed by atoms with Gasteiger partial charge in [0.15, 0.2) is 0 Å². The monoisotopic (exact) mass is 385 g/mol. The van der Waals surface area contributed by atoms with Crippen molar-refractivity contribution < 1.29 is 22.3 Å². The molecule has 134 valence electrons. The van der Waals surface area contributed by atoms with Crippen LogP contribution in [0.4, 0.5) is 0 Å². The SMILES string of the molecule is COc1ccc(Cl)cc1S(=O)(=O)N1CC(Oc2cc(C)oc(=O)c2)C1. The summed E-state index contributed by atoms with van der Waals surface area (Å²) in [5.41, 5.74) is -0.512. The van der Waals surface area contributed by atoms with Gasteiger partial charge < -0.3 is 13.9 Å². The van der Waals surface area contributed by atoms with Crippen LogP contribution in [0.3, 0.4) is 0 Å². The summed E-state index contributed by atoms with van der Waals surface area (Å²) < 4.78 is 42.3. The van der Waals surface area contributed by atoms with Crippen LogP contribution >= 0.6 is 11.6 Å². The third-order valence-corrected chi connectivity index (χ3v) is 5.82. The third-order valence-electron chi connectivity index (χ3n) is 3.73. The Morgan fingerprint density at radius 1 is 1.24 bits per heavy atom. The summed E-state index contributed by atoms with van der Waals surface area (Å²) in [6.45, 7) is 1.96. The van der Waals surface area contributed by atoms with Crippen molar-refractivity contribution in [1.29, 1.82) is 0 Å². The Morgan fingerprint density at radius 3 is 2.60 bits per heavy atom. The van der Waals surface area contributed by atoms with E-state index in [0.29, 0.717) is 16.5 Å². The number of aryl methyl sites for hydroxylation is 1. The van der Waals surface area contributed by atoms with E-state index < -0.39 is 15.6 Å². The first-order chi connectivity index (χ1) is 11.8. The molecule has 0 amide bonds. The number of hydrogen-bond donors (Lipinski definition) is 0. The molecule has 2 heterocycles. The lowest BCUT2D eigenvalue weighted by atomic mass is 10.2. The van der Waals surface area contributed by atoms with Crippen LogP contribution in [0.5, 0.6) is 11.5 Å². The maximum Gasteiger partial charge on any atom is 0.339 e. The van der Waals surface area contributed by atoms with Gasteiger partial charge in [-0.05, 0) is 25.1 Å². The Morgan fingerprint density at radius 2 is 1.96 bits per heavy atom. The van der Waals surface area contributed by atoms with E-state index in [2.05, 4.69) is 0 Å². The van der Waals surface area contributed by atoms with Crippen molar-refractivity contribution in [3.05, 3.63) is 51.5 Å². The number of benzene rings is 1. The van der Waals surface area contributed by atoms with E-state index in [1.807, 2.05) is 0 Å². The van der Waals surface area contributed by atoms with Gasteiger partial charge in [0.25, 0.3) is 0 Å². The largest absolute Gasteiger partial charge is 0.495 e. The minimum Gasteiger partial charge on any atom is -0.495 e. The normalized spacial score (nSPS) is 15.6. The number of ether oxygens (including phenoxy) is 2. The zero-order valence-electron chi connectivity index (χ0n) is 13.6. The number of nitrogens with zero attached hydrogens (tertiary/aromatic N) is 1. The minimum atomic E-state index is -3.75. The van der Waals surface area contributed by atoms with Crippen molar-refractivity contribution in [2.75, 3.05) is 20.2 Å². The molecule has 0 radical (unpaired) electrons. The molecule has 1 aliphatic heterocycles. The third kappa shape index (κ3) is 3.65. The van der Waals surface area contributed by atoms with E-state index in [9.17, 15) is 13.2 Å². The number of halogens is 1. The standard InChI is InChI=1S/C16H16ClNO6S/c1-10-5-12(7-16(19)23-10)24-13-8-18(9-13)25(20,21)15-6-11(17)3-4-14(15)22-2/h3-7,13H,8-9H2,1-2H3. The van der Waals surface area contributed by atoms with Gasteiger partial charge in [0.2, 0.25) is 10.0 Å². The predicted molar refractivity (Wildman–Crippen MR) is 90.9 cm³/mol. The first-order valence-corrected chi connectivity index (χ1v) is 9.23. The molecule has 1 saturated heterocycles. The van der Waals surface area contributed by atoms with Crippen LogP contribution < -0.4 is 15.1 Å².